The molecule has 0 heterocycles. The van der Waals surface area contributed by atoms with E-state index < -0.39 is 10.0 Å². The molecule has 90 valence electrons. The molecule has 0 fully saturated rings. The fourth-order valence-corrected chi connectivity index (χ4v) is 2.21. The zero-order chi connectivity index (χ0) is 11.9. The Morgan fingerprint density at radius 3 is 2.44 bits per heavy atom. The van der Waals surface area contributed by atoms with Crippen LogP contribution in [0.1, 0.15) is 26.2 Å². The Morgan fingerprint density at radius 1 is 1.12 bits per heavy atom. The molecule has 0 atom stereocenters. The lowest BCUT2D eigenvalue weighted by atomic mass is 10.3. The summed E-state index contributed by atoms with van der Waals surface area (Å²) < 4.78 is 23.0. The minimum absolute atomic E-state index is 0.167. The molecule has 0 amide bonds. The number of unbranched alkanes of at least 4 members (excludes halogenated alkanes) is 2. The van der Waals surface area contributed by atoms with Crippen LogP contribution in [-0.2, 0) is 10.0 Å². The number of nitrogens with one attached hydrogen (secondary N) is 2. The fourth-order valence-electron chi connectivity index (χ4n) is 1.25. The SMILES string of the molecule is CCCCCS(=O)(=O)NNc1ccccc1. The summed E-state index contributed by atoms with van der Waals surface area (Å²) in [5.41, 5.74) is 3.41. The molecule has 5 heteroatoms. The molecular formula is C11H18N2O2S. The third-order valence-corrected chi connectivity index (χ3v) is 3.38. The van der Waals surface area contributed by atoms with Crippen LogP contribution >= 0.6 is 0 Å². The summed E-state index contributed by atoms with van der Waals surface area (Å²) in [5.74, 6) is 0.167. The highest BCUT2D eigenvalue weighted by atomic mass is 32.2. The van der Waals surface area contributed by atoms with Crippen LogP contribution in [0, 0.1) is 0 Å². The predicted molar refractivity (Wildman–Crippen MR) is 66.5 cm³/mol. The molecule has 0 aromatic heterocycles. The van der Waals surface area contributed by atoms with Crippen molar-refractivity contribution in [1.82, 2.24) is 4.83 Å². The van der Waals surface area contributed by atoms with Crippen LogP contribution < -0.4 is 10.3 Å². The molecule has 16 heavy (non-hydrogen) atoms. The first-order chi connectivity index (χ1) is 7.64. The van der Waals surface area contributed by atoms with E-state index in [0.717, 1.165) is 18.5 Å². The predicted octanol–water partition coefficient (Wildman–Crippen LogP) is 2.12. The van der Waals surface area contributed by atoms with Gasteiger partial charge in [-0.2, -0.15) is 0 Å². The van der Waals surface area contributed by atoms with Gasteiger partial charge in [0.05, 0.1) is 5.75 Å². The number of benzene rings is 1. The van der Waals surface area contributed by atoms with Crippen LogP contribution in [0.5, 0.6) is 0 Å². The third kappa shape index (κ3) is 5.14. The van der Waals surface area contributed by atoms with Gasteiger partial charge in [-0.1, -0.05) is 38.0 Å². The highest BCUT2D eigenvalue weighted by Crippen LogP contribution is 2.04. The second kappa shape index (κ2) is 6.50. The summed E-state index contributed by atoms with van der Waals surface area (Å²) in [5, 5.41) is 0. The van der Waals surface area contributed by atoms with Gasteiger partial charge < -0.3 is 5.43 Å². The monoisotopic (exact) mass is 242 g/mol. The summed E-state index contributed by atoms with van der Waals surface area (Å²) in [6.45, 7) is 2.04. The number of hydrogen-bond acceptors (Lipinski definition) is 3. The maximum absolute atomic E-state index is 11.5. The van der Waals surface area contributed by atoms with Gasteiger partial charge in [0.2, 0.25) is 10.0 Å². The van der Waals surface area contributed by atoms with Gasteiger partial charge in [-0.25, -0.2) is 8.42 Å². The molecule has 1 rings (SSSR count). The van der Waals surface area contributed by atoms with E-state index in [9.17, 15) is 8.42 Å². The van der Waals surface area contributed by atoms with Gasteiger partial charge in [0.25, 0.3) is 0 Å². The quantitative estimate of drug-likeness (QED) is 0.569. The van der Waals surface area contributed by atoms with E-state index in [0.29, 0.717) is 6.42 Å². The average Bonchev–Trinajstić information content (AvgIpc) is 2.28. The van der Waals surface area contributed by atoms with Crippen molar-refractivity contribution in [3.63, 3.8) is 0 Å². The Hall–Kier alpha value is -1.07. The Balaban J connectivity index is 2.36. The van der Waals surface area contributed by atoms with Gasteiger partial charge in [-0.05, 0) is 18.6 Å². The van der Waals surface area contributed by atoms with Crippen LogP contribution in [-0.4, -0.2) is 14.2 Å². The van der Waals surface area contributed by atoms with Crippen LogP contribution in [0.4, 0.5) is 5.69 Å². The first-order valence-corrected chi connectivity index (χ1v) is 7.10. The van der Waals surface area contributed by atoms with E-state index in [1.165, 1.54) is 0 Å². The molecular weight excluding hydrogens is 224 g/mol. The molecule has 0 aliphatic rings. The highest BCUT2D eigenvalue weighted by Gasteiger charge is 2.08. The number of hydrazine groups is 1. The minimum Gasteiger partial charge on any atom is -0.308 e. The van der Waals surface area contributed by atoms with Gasteiger partial charge in [0.1, 0.15) is 0 Å². The summed E-state index contributed by atoms with van der Waals surface area (Å²) in [6.07, 6.45) is 2.65. The first-order valence-electron chi connectivity index (χ1n) is 5.44. The maximum atomic E-state index is 11.5. The van der Waals surface area contributed by atoms with Gasteiger partial charge in [0, 0.05) is 5.69 Å². The second-order valence-electron chi connectivity index (χ2n) is 3.62. The second-order valence-corrected chi connectivity index (χ2v) is 5.46. The lowest BCUT2D eigenvalue weighted by molar-refractivity contribution is 0.582. The Labute approximate surface area is 97.1 Å². The smallest absolute Gasteiger partial charge is 0.228 e. The lowest BCUT2D eigenvalue weighted by Crippen LogP contribution is -2.31. The third-order valence-electron chi connectivity index (χ3n) is 2.14. The number of hydrogen-bond donors (Lipinski definition) is 2. The molecule has 1 aromatic rings. The van der Waals surface area contributed by atoms with Crippen LogP contribution in [0.15, 0.2) is 30.3 Å². The zero-order valence-corrected chi connectivity index (χ0v) is 10.3. The number of anilines is 1. The molecule has 0 spiro atoms. The van der Waals surface area contributed by atoms with Gasteiger partial charge in [-0.3, -0.25) is 0 Å². The van der Waals surface area contributed by atoms with Crippen molar-refractivity contribution in [2.75, 3.05) is 11.2 Å². The van der Waals surface area contributed by atoms with E-state index in [1.807, 2.05) is 25.1 Å². The largest absolute Gasteiger partial charge is 0.308 e. The molecule has 4 nitrogen and oxygen atoms in total. The van der Waals surface area contributed by atoms with Crippen molar-refractivity contribution in [2.24, 2.45) is 0 Å². The van der Waals surface area contributed by atoms with E-state index >= 15 is 0 Å². The maximum Gasteiger partial charge on any atom is 0.228 e. The topological polar surface area (TPSA) is 58.2 Å². The summed E-state index contributed by atoms with van der Waals surface area (Å²) >= 11 is 0. The van der Waals surface area contributed by atoms with Crippen molar-refractivity contribution in [1.29, 1.82) is 0 Å². The summed E-state index contributed by atoms with van der Waals surface area (Å²) in [6, 6.07) is 9.16. The van der Waals surface area contributed by atoms with Crippen molar-refractivity contribution < 1.29 is 8.42 Å². The molecule has 0 bridgehead atoms. The molecule has 0 radical (unpaired) electrons. The normalized spacial score (nSPS) is 11.3. The number of rotatable bonds is 7. The number of para-hydroxylation sites is 1. The fraction of sp³-hybridized carbons (Fsp3) is 0.455. The minimum atomic E-state index is -3.21. The molecule has 0 aliphatic carbocycles. The van der Waals surface area contributed by atoms with E-state index in [1.54, 1.807) is 12.1 Å². The standard InChI is InChI=1S/C11H18N2O2S/c1-2-3-7-10-16(14,15)13-12-11-8-5-4-6-9-11/h4-6,8-9,12-13H,2-3,7,10H2,1H3. The Kier molecular flexibility index (Phi) is 5.28. The molecule has 0 saturated heterocycles. The Morgan fingerprint density at radius 2 is 1.81 bits per heavy atom. The van der Waals surface area contributed by atoms with Gasteiger partial charge >= 0.3 is 0 Å². The summed E-state index contributed by atoms with van der Waals surface area (Å²) in [7, 11) is -3.21. The van der Waals surface area contributed by atoms with Gasteiger partial charge in [-0.15, -0.1) is 4.83 Å². The zero-order valence-electron chi connectivity index (χ0n) is 9.44. The summed E-state index contributed by atoms with van der Waals surface area (Å²) in [4.78, 5) is 2.36. The first kappa shape index (κ1) is 13.0. The van der Waals surface area contributed by atoms with Crippen molar-refractivity contribution in [3.8, 4) is 0 Å². The molecule has 0 saturated carbocycles. The molecule has 0 unspecified atom stereocenters. The van der Waals surface area contributed by atoms with Gasteiger partial charge in [0.15, 0.2) is 0 Å². The van der Waals surface area contributed by atoms with E-state index in [-0.39, 0.29) is 5.75 Å². The van der Waals surface area contributed by atoms with E-state index in [4.69, 9.17) is 0 Å². The van der Waals surface area contributed by atoms with Crippen LogP contribution in [0.3, 0.4) is 0 Å². The van der Waals surface area contributed by atoms with Crippen molar-refractivity contribution >= 4 is 15.7 Å². The average molecular weight is 242 g/mol. The number of sulfonamides is 1. The van der Waals surface area contributed by atoms with Crippen LogP contribution in [0.2, 0.25) is 0 Å². The van der Waals surface area contributed by atoms with Crippen molar-refractivity contribution in [2.45, 2.75) is 26.2 Å². The molecule has 2 N–H and O–H groups in total. The van der Waals surface area contributed by atoms with Crippen LogP contribution in [0.25, 0.3) is 0 Å². The highest BCUT2D eigenvalue weighted by molar-refractivity contribution is 7.89. The Bertz CT molecular complexity index is 390. The molecule has 1 aromatic carbocycles. The van der Waals surface area contributed by atoms with Crippen molar-refractivity contribution in [3.05, 3.63) is 30.3 Å². The van der Waals surface area contributed by atoms with E-state index in [2.05, 4.69) is 10.3 Å². The molecule has 0 aliphatic heterocycles. The lowest BCUT2D eigenvalue weighted by Gasteiger charge is -2.08.